The first-order valence-corrected chi connectivity index (χ1v) is 13.6. The Morgan fingerprint density at radius 1 is 1.00 bits per heavy atom. The fourth-order valence-electron chi connectivity index (χ4n) is 9.30. The number of aliphatic hydroxyl groups is 1. The summed E-state index contributed by atoms with van der Waals surface area (Å²) < 4.78 is 0. The van der Waals surface area contributed by atoms with Crippen LogP contribution in [0.25, 0.3) is 0 Å². The highest BCUT2D eigenvalue weighted by Crippen LogP contribution is 2.67. The Bertz CT molecular complexity index is 634. The van der Waals surface area contributed by atoms with Gasteiger partial charge in [0.15, 0.2) is 0 Å². The second kappa shape index (κ2) is 8.57. The number of aliphatic hydroxyl groups excluding tert-OH is 1. The molecule has 4 aliphatic carbocycles. The molecule has 172 valence electrons. The van der Waals surface area contributed by atoms with Crippen molar-refractivity contribution in [3.63, 3.8) is 0 Å². The molecule has 9 atom stereocenters. The summed E-state index contributed by atoms with van der Waals surface area (Å²) in [5.41, 5.74) is 2.59. The Morgan fingerprint density at radius 3 is 2.47 bits per heavy atom. The van der Waals surface area contributed by atoms with Crippen LogP contribution in [0.15, 0.2) is 11.6 Å². The van der Waals surface area contributed by atoms with Gasteiger partial charge in [-0.1, -0.05) is 66.0 Å². The van der Waals surface area contributed by atoms with Crippen molar-refractivity contribution < 1.29 is 5.11 Å². The second-order valence-corrected chi connectivity index (χ2v) is 12.9. The molecule has 30 heavy (non-hydrogen) atoms. The number of hydrogen-bond donors (Lipinski definition) is 1. The van der Waals surface area contributed by atoms with Gasteiger partial charge < -0.3 is 5.11 Å². The highest BCUT2D eigenvalue weighted by atomic mass is 16.3. The van der Waals surface area contributed by atoms with Crippen molar-refractivity contribution in [1.29, 1.82) is 0 Å². The molecule has 0 amide bonds. The van der Waals surface area contributed by atoms with Gasteiger partial charge >= 0.3 is 0 Å². The fourth-order valence-corrected chi connectivity index (χ4v) is 9.30. The molecule has 4 rings (SSSR count). The van der Waals surface area contributed by atoms with Crippen LogP contribution in [0.3, 0.4) is 0 Å². The van der Waals surface area contributed by atoms with Gasteiger partial charge in [-0.05, 0) is 110 Å². The van der Waals surface area contributed by atoms with Crippen molar-refractivity contribution in [1.82, 2.24) is 0 Å². The van der Waals surface area contributed by atoms with E-state index >= 15 is 0 Å². The summed E-state index contributed by atoms with van der Waals surface area (Å²) in [5, 5.41) is 10.2. The van der Waals surface area contributed by atoms with Crippen molar-refractivity contribution >= 4 is 0 Å². The Kier molecular flexibility index (Phi) is 6.53. The number of allylic oxidation sites excluding steroid dienone is 1. The minimum atomic E-state index is -0.0794. The molecule has 0 bridgehead atoms. The zero-order valence-corrected chi connectivity index (χ0v) is 20.9. The van der Waals surface area contributed by atoms with Crippen molar-refractivity contribution in [3.8, 4) is 0 Å². The second-order valence-electron chi connectivity index (χ2n) is 12.9. The van der Waals surface area contributed by atoms with Gasteiger partial charge in [0.2, 0.25) is 0 Å². The van der Waals surface area contributed by atoms with E-state index in [1.54, 1.807) is 5.57 Å². The van der Waals surface area contributed by atoms with Crippen LogP contribution in [0.1, 0.15) is 112 Å². The average Bonchev–Trinajstić information content (AvgIpc) is 3.06. The first-order valence-electron chi connectivity index (χ1n) is 13.6. The zero-order valence-electron chi connectivity index (χ0n) is 20.9. The maximum Gasteiger partial charge on any atom is 0.0577 e. The van der Waals surface area contributed by atoms with Crippen molar-refractivity contribution in [2.24, 2.45) is 52.3 Å². The number of fused-ring (bicyclic) bond motifs is 5. The molecular weight excluding hydrogens is 364 g/mol. The highest BCUT2D eigenvalue weighted by Gasteiger charge is 2.59. The Hall–Kier alpha value is -0.300. The van der Waals surface area contributed by atoms with Crippen molar-refractivity contribution in [2.75, 3.05) is 0 Å². The molecule has 3 saturated carbocycles. The first kappa shape index (κ1) is 22.9. The lowest BCUT2D eigenvalue weighted by molar-refractivity contribution is -0.0575. The molecule has 1 heteroatoms. The summed E-state index contributed by atoms with van der Waals surface area (Å²) in [6.07, 6.45) is 17.1. The molecule has 0 aliphatic heterocycles. The summed E-state index contributed by atoms with van der Waals surface area (Å²) >= 11 is 0. The summed E-state index contributed by atoms with van der Waals surface area (Å²) in [6.45, 7) is 15.1. The van der Waals surface area contributed by atoms with Crippen LogP contribution in [0.4, 0.5) is 0 Å². The van der Waals surface area contributed by atoms with Gasteiger partial charge in [0, 0.05) is 0 Å². The minimum absolute atomic E-state index is 0.0794. The predicted molar refractivity (Wildman–Crippen MR) is 128 cm³/mol. The molecule has 0 spiro atoms. The molecule has 0 aromatic heterocycles. The maximum atomic E-state index is 10.2. The molecular formula is C29H50O. The van der Waals surface area contributed by atoms with E-state index in [2.05, 4.69) is 47.6 Å². The molecule has 0 unspecified atom stereocenters. The topological polar surface area (TPSA) is 20.2 Å². The molecule has 1 nitrogen and oxygen atoms in total. The number of hydrogen-bond acceptors (Lipinski definition) is 1. The van der Waals surface area contributed by atoms with E-state index in [0.29, 0.717) is 10.8 Å². The predicted octanol–water partition coefficient (Wildman–Crippen LogP) is 8.02. The van der Waals surface area contributed by atoms with Gasteiger partial charge in [-0.25, -0.2) is 0 Å². The molecule has 0 radical (unpaired) electrons. The van der Waals surface area contributed by atoms with E-state index in [0.717, 1.165) is 54.3 Å². The van der Waals surface area contributed by atoms with Crippen LogP contribution in [0.2, 0.25) is 0 Å². The van der Waals surface area contributed by atoms with Gasteiger partial charge in [-0.3, -0.25) is 0 Å². The van der Waals surface area contributed by atoms with E-state index in [1.807, 2.05) is 0 Å². The smallest absolute Gasteiger partial charge is 0.0577 e. The van der Waals surface area contributed by atoms with Crippen LogP contribution in [0, 0.1) is 52.3 Å². The zero-order chi connectivity index (χ0) is 21.7. The summed E-state index contributed by atoms with van der Waals surface area (Å²) in [5.74, 6) is 6.31. The lowest BCUT2D eigenvalue weighted by Crippen LogP contribution is -2.50. The third-order valence-electron chi connectivity index (χ3n) is 11.3. The summed E-state index contributed by atoms with van der Waals surface area (Å²) in [4.78, 5) is 0. The lowest BCUT2D eigenvalue weighted by atomic mass is 9.47. The fraction of sp³-hybridized carbons (Fsp3) is 0.931. The van der Waals surface area contributed by atoms with Crippen LogP contribution < -0.4 is 0 Å². The number of rotatable bonds is 6. The minimum Gasteiger partial charge on any atom is -0.393 e. The Balaban J connectivity index is 1.47. The van der Waals surface area contributed by atoms with Crippen LogP contribution in [0.5, 0.6) is 0 Å². The lowest BCUT2D eigenvalue weighted by Gasteiger charge is -2.58. The molecule has 0 aromatic rings. The van der Waals surface area contributed by atoms with E-state index in [-0.39, 0.29) is 6.10 Å². The largest absolute Gasteiger partial charge is 0.393 e. The molecule has 1 N–H and O–H groups in total. The van der Waals surface area contributed by atoms with E-state index in [1.165, 1.54) is 57.8 Å². The van der Waals surface area contributed by atoms with Gasteiger partial charge in [-0.15, -0.1) is 0 Å². The Morgan fingerprint density at radius 2 is 1.77 bits per heavy atom. The van der Waals surface area contributed by atoms with Crippen molar-refractivity contribution in [3.05, 3.63) is 11.6 Å². The summed E-state index contributed by atoms with van der Waals surface area (Å²) in [7, 11) is 0. The average molecular weight is 415 g/mol. The highest BCUT2D eigenvalue weighted by molar-refractivity contribution is 5.25. The third-order valence-corrected chi connectivity index (χ3v) is 11.3. The molecule has 3 fully saturated rings. The monoisotopic (exact) mass is 414 g/mol. The normalized spacial score (nSPS) is 45.3. The SMILES string of the molecule is CC[C@@H](CC[C@@H](C)[C@@H]1CC[C@H]2[C@@H]3CC=C4C[C@@H](O)CC[C@]4(C)[C@@H]3CC[C@]21C)C(C)C. The third kappa shape index (κ3) is 3.74. The summed E-state index contributed by atoms with van der Waals surface area (Å²) in [6, 6.07) is 0. The standard InChI is InChI=1S/C29H50O/c1-7-21(19(2)3)9-8-20(4)25-12-13-26-24-11-10-22-18-23(30)14-16-28(22,5)27(24)15-17-29(25,26)6/h10,19-21,23-27,30H,7-9,11-18H2,1-6H3/t20-,21+,23+,24+,25+,26+,27-,28+,29+/m1/s1. The maximum absolute atomic E-state index is 10.2. The Labute approximate surface area is 187 Å². The quantitative estimate of drug-likeness (QED) is 0.436. The van der Waals surface area contributed by atoms with E-state index < -0.39 is 0 Å². The molecule has 0 saturated heterocycles. The van der Waals surface area contributed by atoms with Gasteiger partial charge in [-0.2, -0.15) is 0 Å². The van der Waals surface area contributed by atoms with Crippen LogP contribution >= 0.6 is 0 Å². The molecule has 0 heterocycles. The van der Waals surface area contributed by atoms with Crippen LogP contribution in [-0.4, -0.2) is 11.2 Å². The van der Waals surface area contributed by atoms with E-state index in [4.69, 9.17) is 0 Å². The van der Waals surface area contributed by atoms with Gasteiger partial charge in [0.05, 0.1) is 6.10 Å². The van der Waals surface area contributed by atoms with Gasteiger partial charge in [0.25, 0.3) is 0 Å². The molecule has 0 aromatic carbocycles. The molecule has 4 aliphatic rings. The van der Waals surface area contributed by atoms with E-state index in [9.17, 15) is 5.11 Å². The van der Waals surface area contributed by atoms with Crippen LogP contribution in [-0.2, 0) is 0 Å². The first-order chi connectivity index (χ1) is 14.2. The van der Waals surface area contributed by atoms with Crippen molar-refractivity contribution in [2.45, 2.75) is 118 Å². The van der Waals surface area contributed by atoms with Gasteiger partial charge in [0.1, 0.15) is 0 Å².